The van der Waals surface area contributed by atoms with Gasteiger partial charge >= 0.3 is 0 Å². The van der Waals surface area contributed by atoms with Crippen LogP contribution in [0.5, 0.6) is 0 Å². The van der Waals surface area contributed by atoms with Gasteiger partial charge in [-0.05, 0) is 44.9 Å². The van der Waals surface area contributed by atoms with Crippen molar-refractivity contribution in [3.05, 3.63) is 35.8 Å². The molecular weight excluding hydrogens is 322 g/mol. The molecule has 6 nitrogen and oxygen atoms in total. The van der Waals surface area contributed by atoms with Crippen molar-refractivity contribution in [1.82, 2.24) is 15.0 Å². The average molecular weight is 343 g/mol. The van der Waals surface area contributed by atoms with Crippen molar-refractivity contribution in [2.24, 2.45) is 0 Å². The van der Waals surface area contributed by atoms with Crippen LogP contribution in [-0.2, 0) is 4.79 Å². The lowest BCUT2D eigenvalue weighted by Gasteiger charge is -2.19. The average Bonchev–Trinajstić information content (AvgIpc) is 3.07. The molecule has 1 aliphatic heterocycles. The van der Waals surface area contributed by atoms with Crippen LogP contribution >= 0.6 is 11.8 Å². The van der Waals surface area contributed by atoms with E-state index >= 15 is 0 Å². The number of hydrogen-bond acceptors (Lipinski definition) is 6. The van der Waals surface area contributed by atoms with Gasteiger partial charge in [0.25, 0.3) is 0 Å². The summed E-state index contributed by atoms with van der Waals surface area (Å²) in [4.78, 5) is 27.6. The SMILES string of the molecule is Cc1cc(C)nc(SCC(=O)Nc2cccnc2N2CCCC2)n1. The molecule has 2 aromatic heterocycles. The van der Waals surface area contributed by atoms with Crippen molar-refractivity contribution in [2.45, 2.75) is 31.8 Å². The fourth-order valence-corrected chi connectivity index (χ4v) is 3.50. The first-order valence-corrected chi connectivity index (χ1v) is 9.05. The molecule has 0 unspecified atom stereocenters. The van der Waals surface area contributed by atoms with Crippen LogP contribution in [0.25, 0.3) is 0 Å². The fraction of sp³-hybridized carbons (Fsp3) is 0.412. The Morgan fingerprint density at radius 2 is 1.96 bits per heavy atom. The van der Waals surface area contributed by atoms with Gasteiger partial charge in [0.15, 0.2) is 11.0 Å². The Morgan fingerprint density at radius 1 is 1.25 bits per heavy atom. The molecule has 1 amide bonds. The molecule has 0 bridgehead atoms. The number of anilines is 2. The molecule has 1 N–H and O–H groups in total. The minimum absolute atomic E-state index is 0.0730. The summed E-state index contributed by atoms with van der Waals surface area (Å²) in [6.07, 6.45) is 4.11. The topological polar surface area (TPSA) is 71.0 Å². The summed E-state index contributed by atoms with van der Waals surface area (Å²) < 4.78 is 0. The summed E-state index contributed by atoms with van der Waals surface area (Å²) in [7, 11) is 0. The van der Waals surface area contributed by atoms with Gasteiger partial charge < -0.3 is 10.2 Å². The lowest BCUT2D eigenvalue weighted by atomic mass is 10.3. The van der Waals surface area contributed by atoms with Gasteiger partial charge in [0.2, 0.25) is 5.91 Å². The quantitative estimate of drug-likeness (QED) is 0.665. The van der Waals surface area contributed by atoms with Crippen molar-refractivity contribution in [3.8, 4) is 0 Å². The predicted molar refractivity (Wildman–Crippen MR) is 96.5 cm³/mol. The second kappa shape index (κ2) is 7.61. The van der Waals surface area contributed by atoms with E-state index in [4.69, 9.17) is 0 Å². The van der Waals surface area contributed by atoms with Crippen LogP contribution in [0.1, 0.15) is 24.2 Å². The number of pyridine rings is 1. The van der Waals surface area contributed by atoms with E-state index in [0.29, 0.717) is 5.16 Å². The lowest BCUT2D eigenvalue weighted by Crippen LogP contribution is -2.23. The van der Waals surface area contributed by atoms with Crippen LogP contribution in [-0.4, -0.2) is 39.7 Å². The number of rotatable bonds is 5. The van der Waals surface area contributed by atoms with Crippen molar-refractivity contribution < 1.29 is 4.79 Å². The summed E-state index contributed by atoms with van der Waals surface area (Å²) in [6.45, 7) is 5.84. The maximum atomic E-state index is 12.3. The fourth-order valence-electron chi connectivity index (χ4n) is 2.75. The highest BCUT2D eigenvalue weighted by Gasteiger charge is 2.18. The third-order valence-electron chi connectivity index (χ3n) is 3.76. The molecule has 0 spiro atoms. The third kappa shape index (κ3) is 4.23. The molecule has 3 rings (SSSR count). The summed E-state index contributed by atoms with van der Waals surface area (Å²) >= 11 is 1.35. The minimum atomic E-state index is -0.0730. The van der Waals surface area contributed by atoms with Gasteiger partial charge in [0.05, 0.1) is 11.4 Å². The third-order valence-corrected chi connectivity index (χ3v) is 4.61. The Hall–Kier alpha value is -2.15. The molecule has 24 heavy (non-hydrogen) atoms. The highest BCUT2D eigenvalue weighted by atomic mass is 32.2. The molecule has 3 heterocycles. The number of nitrogens with one attached hydrogen (secondary N) is 1. The smallest absolute Gasteiger partial charge is 0.234 e. The van der Waals surface area contributed by atoms with E-state index in [1.165, 1.54) is 24.6 Å². The van der Waals surface area contributed by atoms with E-state index < -0.39 is 0 Å². The molecule has 126 valence electrons. The van der Waals surface area contributed by atoms with Crippen LogP contribution in [0.4, 0.5) is 11.5 Å². The molecule has 0 aromatic carbocycles. The van der Waals surface area contributed by atoms with Gasteiger partial charge in [0.1, 0.15) is 0 Å². The first-order valence-electron chi connectivity index (χ1n) is 8.07. The van der Waals surface area contributed by atoms with Gasteiger partial charge in [-0.2, -0.15) is 0 Å². The number of thioether (sulfide) groups is 1. The van der Waals surface area contributed by atoms with Gasteiger partial charge in [-0.3, -0.25) is 4.79 Å². The van der Waals surface area contributed by atoms with E-state index in [0.717, 1.165) is 36.0 Å². The summed E-state index contributed by atoms with van der Waals surface area (Å²) in [5.74, 6) is 1.06. The Bertz CT molecular complexity index is 710. The van der Waals surface area contributed by atoms with E-state index in [1.807, 2.05) is 32.0 Å². The highest BCUT2D eigenvalue weighted by Crippen LogP contribution is 2.26. The molecule has 1 fully saturated rings. The van der Waals surface area contributed by atoms with Crippen molar-refractivity contribution in [2.75, 3.05) is 29.1 Å². The van der Waals surface area contributed by atoms with E-state index in [1.54, 1.807) is 6.20 Å². The maximum absolute atomic E-state index is 12.3. The standard InChI is InChI=1S/C17H21N5OS/c1-12-10-13(2)20-17(19-12)24-11-15(23)21-14-6-5-7-18-16(14)22-8-3-4-9-22/h5-7,10H,3-4,8-9,11H2,1-2H3,(H,21,23). The van der Waals surface area contributed by atoms with Crippen molar-refractivity contribution in [1.29, 1.82) is 0 Å². The van der Waals surface area contributed by atoms with E-state index in [-0.39, 0.29) is 11.7 Å². The van der Waals surface area contributed by atoms with Crippen LogP contribution < -0.4 is 10.2 Å². The molecule has 0 saturated carbocycles. The second-order valence-electron chi connectivity index (χ2n) is 5.84. The van der Waals surface area contributed by atoms with Crippen LogP contribution in [0, 0.1) is 13.8 Å². The number of aromatic nitrogens is 3. The zero-order valence-electron chi connectivity index (χ0n) is 14.0. The summed E-state index contributed by atoms with van der Waals surface area (Å²) in [5.41, 5.74) is 2.59. The number of nitrogens with zero attached hydrogens (tertiary/aromatic N) is 4. The molecule has 0 atom stereocenters. The van der Waals surface area contributed by atoms with Gasteiger partial charge in [-0.15, -0.1) is 0 Å². The number of carbonyl (C=O) groups excluding carboxylic acids is 1. The minimum Gasteiger partial charge on any atom is -0.355 e. The van der Waals surface area contributed by atoms with Gasteiger partial charge in [-0.25, -0.2) is 15.0 Å². The van der Waals surface area contributed by atoms with E-state index in [9.17, 15) is 4.79 Å². The zero-order chi connectivity index (χ0) is 16.9. The Morgan fingerprint density at radius 3 is 2.67 bits per heavy atom. The Labute approximate surface area is 146 Å². The molecule has 1 saturated heterocycles. The van der Waals surface area contributed by atoms with Gasteiger partial charge in [0, 0.05) is 30.7 Å². The lowest BCUT2D eigenvalue weighted by molar-refractivity contribution is -0.113. The zero-order valence-corrected chi connectivity index (χ0v) is 14.8. The van der Waals surface area contributed by atoms with Crippen LogP contribution in [0.15, 0.2) is 29.6 Å². The first-order chi connectivity index (χ1) is 11.6. The molecule has 0 radical (unpaired) electrons. The summed E-state index contributed by atoms with van der Waals surface area (Å²) in [5, 5.41) is 3.60. The maximum Gasteiger partial charge on any atom is 0.234 e. The monoisotopic (exact) mass is 343 g/mol. The predicted octanol–water partition coefficient (Wildman–Crippen LogP) is 2.82. The number of carbonyl (C=O) groups is 1. The largest absolute Gasteiger partial charge is 0.355 e. The molecule has 7 heteroatoms. The first kappa shape index (κ1) is 16.7. The molecule has 1 aliphatic rings. The van der Waals surface area contributed by atoms with Crippen LogP contribution in [0.3, 0.4) is 0 Å². The van der Waals surface area contributed by atoms with E-state index in [2.05, 4.69) is 25.2 Å². The Kier molecular flexibility index (Phi) is 5.30. The Balaban J connectivity index is 1.63. The normalized spacial score (nSPS) is 14.0. The molecular formula is C17H21N5OS. The van der Waals surface area contributed by atoms with Crippen LogP contribution in [0.2, 0.25) is 0 Å². The van der Waals surface area contributed by atoms with Crippen molar-refractivity contribution in [3.63, 3.8) is 0 Å². The number of amides is 1. The number of hydrogen-bond donors (Lipinski definition) is 1. The molecule has 0 aliphatic carbocycles. The molecule has 2 aromatic rings. The second-order valence-corrected chi connectivity index (χ2v) is 6.78. The van der Waals surface area contributed by atoms with Crippen molar-refractivity contribution >= 4 is 29.2 Å². The number of aryl methyl sites for hydroxylation is 2. The summed E-state index contributed by atoms with van der Waals surface area (Å²) in [6, 6.07) is 5.66. The highest BCUT2D eigenvalue weighted by molar-refractivity contribution is 7.99. The van der Waals surface area contributed by atoms with Gasteiger partial charge in [-0.1, -0.05) is 11.8 Å².